The number of para-hydroxylation sites is 2. The van der Waals surface area contributed by atoms with Gasteiger partial charge >= 0.3 is 0 Å². The number of hydrogen-bond acceptors (Lipinski definition) is 7. The summed E-state index contributed by atoms with van der Waals surface area (Å²) in [5, 5.41) is 7.22. The highest BCUT2D eigenvalue weighted by Crippen LogP contribution is 2.47. The molecule has 0 saturated carbocycles. The monoisotopic (exact) mass is 578 g/mol. The van der Waals surface area contributed by atoms with Gasteiger partial charge in [-0.25, -0.2) is 0 Å². The van der Waals surface area contributed by atoms with Crippen molar-refractivity contribution in [3.8, 4) is 23.0 Å². The average Bonchev–Trinajstić information content (AvgIpc) is 3.09. The van der Waals surface area contributed by atoms with E-state index in [0.29, 0.717) is 42.4 Å². The first-order chi connectivity index (χ1) is 18.5. The fourth-order valence-electron chi connectivity index (χ4n) is 5.30. The molecule has 0 fully saturated rings. The number of carbonyl (C=O) groups is 1. The molecule has 7 nitrogen and oxygen atoms in total. The van der Waals surface area contributed by atoms with Gasteiger partial charge in [-0.2, -0.15) is 0 Å². The first kappa shape index (κ1) is 26.0. The maximum absolute atomic E-state index is 13.9. The van der Waals surface area contributed by atoms with Gasteiger partial charge in [0.15, 0.2) is 28.8 Å². The summed E-state index contributed by atoms with van der Waals surface area (Å²) in [5.41, 5.74) is 5.45. The van der Waals surface area contributed by atoms with Crippen LogP contribution in [0.4, 0.5) is 11.4 Å². The number of fused-ring (bicyclic) bond motifs is 1. The molecule has 8 heteroatoms. The van der Waals surface area contributed by atoms with Crippen LogP contribution in [0.5, 0.6) is 23.0 Å². The van der Waals surface area contributed by atoms with Crippen molar-refractivity contribution < 1.29 is 23.7 Å². The Hall–Kier alpha value is -3.65. The normalized spacial score (nSPS) is 18.4. The van der Waals surface area contributed by atoms with Gasteiger partial charge < -0.3 is 29.6 Å². The molecule has 3 aromatic carbocycles. The number of hydrogen-bond donors (Lipinski definition) is 2. The van der Waals surface area contributed by atoms with E-state index in [0.717, 1.165) is 38.2 Å². The van der Waals surface area contributed by atoms with Crippen LogP contribution in [0.3, 0.4) is 0 Å². The van der Waals surface area contributed by atoms with E-state index in [1.165, 1.54) is 0 Å². The first-order valence-corrected chi connectivity index (χ1v) is 13.4. The number of Topliss-reactive ketones (excluding diaryl/α,β-unsaturated/α-hetero) is 1. The zero-order chi connectivity index (χ0) is 26.8. The van der Waals surface area contributed by atoms with E-state index in [9.17, 15) is 4.79 Å². The first-order valence-electron chi connectivity index (χ1n) is 12.6. The number of nitrogens with one attached hydrogen (secondary N) is 2. The molecular formula is C30H31BrN2O5. The maximum Gasteiger partial charge on any atom is 0.174 e. The number of benzene rings is 3. The van der Waals surface area contributed by atoms with Gasteiger partial charge in [0.2, 0.25) is 0 Å². The molecule has 38 heavy (non-hydrogen) atoms. The third kappa shape index (κ3) is 4.80. The van der Waals surface area contributed by atoms with E-state index < -0.39 is 0 Å². The number of ether oxygens (including phenoxy) is 4. The van der Waals surface area contributed by atoms with Crippen LogP contribution < -0.4 is 29.6 Å². The smallest absolute Gasteiger partial charge is 0.174 e. The van der Waals surface area contributed by atoms with Gasteiger partial charge in [-0.05, 0) is 82.7 Å². The van der Waals surface area contributed by atoms with Gasteiger partial charge in [-0.1, -0.05) is 18.2 Å². The number of anilines is 2. The van der Waals surface area contributed by atoms with E-state index >= 15 is 0 Å². The average molecular weight is 579 g/mol. The fraction of sp³-hybridized carbons (Fsp3) is 0.300. The summed E-state index contributed by atoms with van der Waals surface area (Å²) < 4.78 is 23.2. The molecular weight excluding hydrogens is 548 g/mol. The number of allylic oxidation sites excluding steroid dienone is 1. The topological polar surface area (TPSA) is 78.1 Å². The van der Waals surface area contributed by atoms with Gasteiger partial charge in [-0.15, -0.1) is 0 Å². The summed E-state index contributed by atoms with van der Waals surface area (Å²) in [6.45, 7) is 2.43. The molecule has 0 amide bonds. The van der Waals surface area contributed by atoms with Crippen LogP contribution in [-0.4, -0.2) is 33.7 Å². The Morgan fingerprint density at radius 2 is 1.61 bits per heavy atom. The summed E-state index contributed by atoms with van der Waals surface area (Å²) in [6, 6.07) is 17.5. The molecule has 1 aliphatic carbocycles. The second-order valence-electron chi connectivity index (χ2n) is 9.25. The van der Waals surface area contributed by atoms with Gasteiger partial charge in [0.25, 0.3) is 0 Å². The molecule has 0 spiro atoms. The molecule has 3 aromatic rings. The zero-order valence-electron chi connectivity index (χ0n) is 21.9. The Kier molecular flexibility index (Phi) is 7.51. The minimum atomic E-state index is -0.374. The van der Waals surface area contributed by atoms with Crippen LogP contribution in [-0.2, 0) is 4.79 Å². The lowest BCUT2D eigenvalue weighted by Crippen LogP contribution is -2.27. The van der Waals surface area contributed by atoms with Gasteiger partial charge in [0.1, 0.15) is 0 Å². The van der Waals surface area contributed by atoms with Crippen LogP contribution >= 0.6 is 15.9 Å². The largest absolute Gasteiger partial charge is 0.493 e. The van der Waals surface area contributed by atoms with Crippen LogP contribution in [0.25, 0.3) is 0 Å². The van der Waals surface area contributed by atoms with Crippen molar-refractivity contribution in [1.29, 1.82) is 0 Å². The summed E-state index contributed by atoms with van der Waals surface area (Å²) >= 11 is 3.64. The predicted octanol–water partition coefficient (Wildman–Crippen LogP) is 6.85. The summed E-state index contributed by atoms with van der Waals surface area (Å²) in [6.07, 6.45) is 1.07. The molecule has 0 bridgehead atoms. The van der Waals surface area contributed by atoms with Crippen molar-refractivity contribution in [1.82, 2.24) is 0 Å². The standard InChI is InChI=1S/C30H31BrN2O5/c1-5-38-27-16-19(12-20(31)30(27)37-4)29-28-23(32-21-8-6-7-9-22(21)33-29)13-18(14-24(28)34)17-10-11-25(35-2)26(15-17)36-3/h6-12,15-16,18,29,32-33H,5,13-14H2,1-4H3. The zero-order valence-corrected chi connectivity index (χ0v) is 23.5. The quantitative estimate of drug-likeness (QED) is 0.317. The lowest BCUT2D eigenvalue weighted by Gasteiger charge is -2.30. The molecule has 0 aromatic heterocycles. The van der Waals surface area contributed by atoms with Crippen molar-refractivity contribution in [3.05, 3.63) is 81.5 Å². The van der Waals surface area contributed by atoms with Gasteiger partial charge in [0.05, 0.1) is 49.8 Å². The lowest BCUT2D eigenvalue weighted by atomic mass is 9.78. The molecule has 0 saturated heterocycles. The highest BCUT2D eigenvalue weighted by molar-refractivity contribution is 9.10. The van der Waals surface area contributed by atoms with Crippen LogP contribution in [0.2, 0.25) is 0 Å². The number of ketones is 1. The van der Waals surface area contributed by atoms with Crippen molar-refractivity contribution in [3.63, 3.8) is 0 Å². The number of methoxy groups -OCH3 is 3. The minimum Gasteiger partial charge on any atom is -0.493 e. The number of halogens is 1. The third-order valence-electron chi connectivity index (χ3n) is 7.06. The summed E-state index contributed by atoms with van der Waals surface area (Å²) in [7, 11) is 4.86. The minimum absolute atomic E-state index is 0.000979. The van der Waals surface area contributed by atoms with E-state index in [-0.39, 0.29) is 17.7 Å². The fourth-order valence-corrected chi connectivity index (χ4v) is 5.92. The number of carbonyl (C=O) groups excluding carboxylic acids is 1. The predicted molar refractivity (Wildman–Crippen MR) is 152 cm³/mol. The van der Waals surface area contributed by atoms with Crippen LogP contribution in [0.15, 0.2) is 70.3 Å². The van der Waals surface area contributed by atoms with Crippen LogP contribution in [0.1, 0.15) is 42.9 Å². The molecule has 1 heterocycles. The lowest BCUT2D eigenvalue weighted by molar-refractivity contribution is -0.116. The maximum atomic E-state index is 13.9. The Morgan fingerprint density at radius 3 is 2.32 bits per heavy atom. The Labute approximate surface area is 231 Å². The highest BCUT2D eigenvalue weighted by atomic mass is 79.9. The third-order valence-corrected chi connectivity index (χ3v) is 7.65. The van der Waals surface area contributed by atoms with E-state index in [2.05, 4.69) is 26.6 Å². The van der Waals surface area contributed by atoms with E-state index in [1.54, 1.807) is 21.3 Å². The van der Waals surface area contributed by atoms with Crippen molar-refractivity contribution in [2.24, 2.45) is 0 Å². The van der Waals surface area contributed by atoms with Crippen LogP contribution in [0, 0.1) is 0 Å². The van der Waals surface area contributed by atoms with Gasteiger partial charge in [-0.3, -0.25) is 4.79 Å². The Bertz CT molecular complexity index is 1400. The molecule has 1 aliphatic heterocycles. The highest BCUT2D eigenvalue weighted by Gasteiger charge is 2.37. The summed E-state index contributed by atoms with van der Waals surface area (Å²) in [5.74, 6) is 2.66. The van der Waals surface area contributed by atoms with Crippen molar-refractivity contribution >= 4 is 33.1 Å². The van der Waals surface area contributed by atoms with Gasteiger partial charge in [0, 0.05) is 17.7 Å². The molecule has 0 radical (unpaired) electrons. The molecule has 5 rings (SSSR count). The second-order valence-corrected chi connectivity index (χ2v) is 10.1. The van der Waals surface area contributed by atoms with Crippen molar-refractivity contribution in [2.75, 3.05) is 38.6 Å². The number of rotatable bonds is 7. The molecule has 2 atom stereocenters. The Balaban J connectivity index is 1.61. The summed E-state index contributed by atoms with van der Waals surface area (Å²) in [4.78, 5) is 13.9. The SMILES string of the molecule is CCOc1cc(C2Nc3ccccc3NC3=C2C(=O)CC(c2ccc(OC)c(OC)c2)C3)cc(Br)c1OC. The van der Waals surface area contributed by atoms with Crippen molar-refractivity contribution in [2.45, 2.75) is 31.7 Å². The molecule has 198 valence electrons. The van der Waals surface area contributed by atoms with E-state index in [4.69, 9.17) is 18.9 Å². The Morgan fingerprint density at radius 1 is 0.868 bits per heavy atom. The molecule has 2 N–H and O–H groups in total. The second kappa shape index (κ2) is 11.0. The molecule has 2 aliphatic rings. The molecule has 2 unspecified atom stereocenters. The van der Waals surface area contributed by atoms with E-state index in [1.807, 2.05) is 61.5 Å².